The van der Waals surface area contributed by atoms with Gasteiger partial charge in [0, 0.05) is 24.8 Å². The number of anilines is 1. The summed E-state index contributed by atoms with van der Waals surface area (Å²) in [4.78, 5) is 14.0. The lowest BCUT2D eigenvalue weighted by atomic mass is 10.1. The van der Waals surface area contributed by atoms with Crippen molar-refractivity contribution in [1.29, 1.82) is 0 Å². The number of rotatable bonds is 7. The molecule has 1 unspecified atom stereocenters. The fraction of sp³-hybridized carbons (Fsp3) is 0.533. The fourth-order valence-electron chi connectivity index (χ4n) is 1.79. The highest BCUT2D eigenvalue weighted by atomic mass is 35.5. The number of carbonyl (C=O) groups is 1. The van der Waals surface area contributed by atoms with E-state index in [1.54, 1.807) is 0 Å². The minimum Gasteiger partial charge on any atom is -0.399 e. The summed E-state index contributed by atoms with van der Waals surface area (Å²) in [5.41, 5.74) is 7.32. The average Bonchev–Trinajstić information content (AvgIpc) is 2.40. The Labute approximate surface area is 140 Å². The maximum atomic E-state index is 11.8. The molecular weight excluding hydrogens is 309 g/mol. The zero-order chi connectivity index (χ0) is 14.3. The van der Waals surface area contributed by atoms with E-state index in [0.29, 0.717) is 19.0 Å². The van der Waals surface area contributed by atoms with E-state index in [0.717, 1.165) is 24.2 Å². The third-order valence-corrected chi connectivity index (χ3v) is 3.47. The maximum Gasteiger partial charge on any atom is 0.224 e. The van der Waals surface area contributed by atoms with Gasteiger partial charge in [-0.2, -0.15) is 0 Å². The SMILES string of the molecule is CCC(C)N(C)CCNC(=O)Cc1ccc(N)cc1.Cl.Cl. The predicted octanol–water partition coefficient (Wildman–Crippen LogP) is 2.50. The Bertz CT molecular complexity index is 398. The monoisotopic (exact) mass is 335 g/mol. The van der Waals surface area contributed by atoms with Gasteiger partial charge < -0.3 is 16.0 Å². The Morgan fingerprint density at radius 1 is 1.29 bits per heavy atom. The zero-order valence-electron chi connectivity index (χ0n) is 13.0. The molecule has 1 atom stereocenters. The minimum absolute atomic E-state index is 0. The third-order valence-electron chi connectivity index (χ3n) is 3.47. The number of hydrogen-bond donors (Lipinski definition) is 2. The van der Waals surface area contributed by atoms with E-state index in [2.05, 4.69) is 31.1 Å². The van der Waals surface area contributed by atoms with Crippen molar-refractivity contribution in [2.24, 2.45) is 0 Å². The molecule has 122 valence electrons. The number of nitrogens with zero attached hydrogens (tertiary/aromatic N) is 1. The number of hydrogen-bond acceptors (Lipinski definition) is 3. The normalized spacial score (nSPS) is 11.2. The number of amides is 1. The highest BCUT2D eigenvalue weighted by Crippen LogP contribution is 2.05. The summed E-state index contributed by atoms with van der Waals surface area (Å²) in [6.45, 7) is 5.92. The Kier molecular flexibility index (Phi) is 12.4. The van der Waals surface area contributed by atoms with Gasteiger partial charge in [-0.1, -0.05) is 19.1 Å². The number of halogens is 2. The summed E-state index contributed by atoms with van der Waals surface area (Å²) >= 11 is 0. The van der Waals surface area contributed by atoms with Gasteiger partial charge in [0.15, 0.2) is 0 Å². The Morgan fingerprint density at radius 3 is 2.38 bits per heavy atom. The summed E-state index contributed by atoms with van der Waals surface area (Å²) in [5, 5.41) is 2.94. The maximum absolute atomic E-state index is 11.8. The van der Waals surface area contributed by atoms with Crippen molar-refractivity contribution >= 4 is 36.4 Å². The van der Waals surface area contributed by atoms with Crippen LogP contribution in [0, 0.1) is 0 Å². The molecule has 1 aromatic carbocycles. The van der Waals surface area contributed by atoms with Crippen LogP contribution < -0.4 is 11.1 Å². The summed E-state index contributed by atoms with van der Waals surface area (Å²) in [5.74, 6) is 0.0577. The van der Waals surface area contributed by atoms with E-state index in [-0.39, 0.29) is 30.7 Å². The number of nitrogen functional groups attached to an aromatic ring is 1. The lowest BCUT2D eigenvalue weighted by Gasteiger charge is -2.23. The third kappa shape index (κ3) is 8.81. The van der Waals surface area contributed by atoms with Gasteiger partial charge in [0.25, 0.3) is 0 Å². The Balaban J connectivity index is 0. The fourth-order valence-corrected chi connectivity index (χ4v) is 1.79. The Morgan fingerprint density at radius 2 is 1.86 bits per heavy atom. The summed E-state index contributed by atoms with van der Waals surface area (Å²) in [6.07, 6.45) is 1.53. The highest BCUT2D eigenvalue weighted by Gasteiger charge is 2.07. The van der Waals surface area contributed by atoms with Crippen LogP contribution in [0.5, 0.6) is 0 Å². The molecule has 21 heavy (non-hydrogen) atoms. The lowest BCUT2D eigenvalue weighted by Crippen LogP contribution is -2.37. The molecule has 3 N–H and O–H groups in total. The lowest BCUT2D eigenvalue weighted by molar-refractivity contribution is -0.120. The van der Waals surface area contributed by atoms with Crippen LogP contribution in [-0.4, -0.2) is 37.0 Å². The zero-order valence-corrected chi connectivity index (χ0v) is 14.6. The number of nitrogens with two attached hydrogens (primary N) is 1. The number of likely N-dealkylation sites (N-methyl/N-ethyl adjacent to an activating group) is 1. The molecule has 0 radical (unpaired) electrons. The van der Waals surface area contributed by atoms with Crippen molar-refractivity contribution in [2.75, 3.05) is 25.9 Å². The van der Waals surface area contributed by atoms with Crippen LogP contribution in [0.4, 0.5) is 5.69 Å². The first-order valence-corrected chi connectivity index (χ1v) is 6.84. The smallest absolute Gasteiger partial charge is 0.224 e. The van der Waals surface area contributed by atoms with Gasteiger partial charge >= 0.3 is 0 Å². The van der Waals surface area contributed by atoms with Crippen LogP contribution in [-0.2, 0) is 11.2 Å². The van der Waals surface area contributed by atoms with Crippen molar-refractivity contribution in [3.63, 3.8) is 0 Å². The quantitative estimate of drug-likeness (QED) is 0.752. The van der Waals surface area contributed by atoms with E-state index < -0.39 is 0 Å². The molecule has 0 bridgehead atoms. The van der Waals surface area contributed by atoms with E-state index >= 15 is 0 Å². The van der Waals surface area contributed by atoms with Crippen molar-refractivity contribution < 1.29 is 4.79 Å². The van der Waals surface area contributed by atoms with Crippen LogP contribution in [0.2, 0.25) is 0 Å². The Hall–Kier alpha value is -0.970. The molecule has 1 amide bonds. The van der Waals surface area contributed by atoms with Crippen LogP contribution in [0.25, 0.3) is 0 Å². The number of benzene rings is 1. The molecule has 0 spiro atoms. The standard InChI is InChI=1S/C15H25N3O.2ClH/c1-4-12(2)18(3)10-9-17-15(19)11-13-5-7-14(16)8-6-13;;/h5-8,12H,4,9-11,16H2,1-3H3,(H,17,19);2*1H. The molecule has 0 fully saturated rings. The molecular formula is C15H27Cl2N3O. The van der Waals surface area contributed by atoms with Crippen LogP contribution in [0.3, 0.4) is 0 Å². The van der Waals surface area contributed by atoms with E-state index in [9.17, 15) is 4.79 Å². The molecule has 0 saturated carbocycles. The van der Waals surface area contributed by atoms with Gasteiger partial charge in [0.1, 0.15) is 0 Å². The number of carbonyl (C=O) groups excluding carboxylic acids is 1. The summed E-state index contributed by atoms with van der Waals surface area (Å²) in [6, 6.07) is 7.97. The average molecular weight is 336 g/mol. The van der Waals surface area contributed by atoms with Gasteiger partial charge in [-0.15, -0.1) is 24.8 Å². The van der Waals surface area contributed by atoms with Crippen molar-refractivity contribution in [2.45, 2.75) is 32.7 Å². The van der Waals surface area contributed by atoms with Gasteiger partial charge in [-0.25, -0.2) is 0 Å². The second-order valence-corrected chi connectivity index (χ2v) is 5.01. The van der Waals surface area contributed by atoms with Crippen LogP contribution >= 0.6 is 24.8 Å². The van der Waals surface area contributed by atoms with Crippen molar-refractivity contribution in [3.05, 3.63) is 29.8 Å². The second-order valence-electron chi connectivity index (χ2n) is 5.01. The first-order chi connectivity index (χ1) is 9.02. The largest absolute Gasteiger partial charge is 0.399 e. The molecule has 0 saturated heterocycles. The topological polar surface area (TPSA) is 58.4 Å². The van der Waals surface area contributed by atoms with E-state index in [1.165, 1.54) is 0 Å². The van der Waals surface area contributed by atoms with E-state index in [4.69, 9.17) is 5.73 Å². The van der Waals surface area contributed by atoms with Gasteiger partial charge in [0.2, 0.25) is 5.91 Å². The molecule has 0 aliphatic carbocycles. The van der Waals surface area contributed by atoms with Crippen LogP contribution in [0.1, 0.15) is 25.8 Å². The van der Waals surface area contributed by atoms with Crippen LogP contribution in [0.15, 0.2) is 24.3 Å². The first-order valence-electron chi connectivity index (χ1n) is 6.84. The molecule has 0 aliphatic heterocycles. The molecule has 1 rings (SSSR count). The van der Waals surface area contributed by atoms with Crippen molar-refractivity contribution in [3.8, 4) is 0 Å². The summed E-state index contributed by atoms with van der Waals surface area (Å²) < 4.78 is 0. The molecule has 0 heterocycles. The van der Waals surface area contributed by atoms with Gasteiger partial charge in [-0.3, -0.25) is 4.79 Å². The van der Waals surface area contributed by atoms with Gasteiger partial charge in [0.05, 0.1) is 6.42 Å². The highest BCUT2D eigenvalue weighted by molar-refractivity contribution is 5.85. The van der Waals surface area contributed by atoms with Crippen molar-refractivity contribution in [1.82, 2.24) is 10.2 Å². The second kappa shape index (κ2) is 11.7. The van der Waals surface area contributed by atoms with Gasteiger partial charge in [-0.05, 0) is 38.1 Å². The molecule has 0 aliphatic rings. The summed E-state index contributed by atoms with van der Waals surface area (Å²) in [7, 11) is 2.08. The minimum atomic E-state index is 0. The van der Waals surface area contributed by atoms with E-state index in [1.807, 2.05) is 24.3 Å². The number of nitrogens with one attached hydrogen (secondary N) is 1. The molecule has 1 aromatic rings. The molecule has 4 nitrogen and oxygen atoms in total. The predicted molar refractivity (Wildman–Crippen MR) is 94.4 cm³/mol. The molecule has 6 heteroatoms. The molecule has 0 aromatic heterocycles. The first kappa shape index (κ1) is 22.3.